The van der Waals surface area contributed by atoms with Gasteiger partial charge in [0.2, 0.25) is 5.95 Å². The van der Waals surface area contributed by atoms with Crippen molar-refractivity contribution in [1.29, 1.82) is 0 Å². The van der Waals surface area contributed by atoms with Crippen LogP contribution in [0.1, 0.15) is 25.3 Å². The Balaban J connectivity index is 1.88. The molecule has 2 rings (SSSR count). The normalized spacial score (nSPS) is 10.5. The lowest BCUT2D eigenvalue weighted by Gasteiger charge is -2.09. The van der Waals surface area contributed by atoms with E-state index in [2.05, 4.69) is 34.3 Å². The second-order valence-electron chi connectivity index (χ2n) is 4.40. The van der Waals surface area contributed by atoms with Gasteiger partial charge in [-0.15, -0.1) is 0 Å². The summed E-state index contributed by atoms with van der Waals surface area (Å²) in [5.41, 5.74) is 1.17. The van der Waals surface area contributed by atoms with E-state index in [1.165, 1.54) is 11.9 Å². The van der Waals surface area contributed by atoms with Gasteiger partial charge < -0.3 is 4.74 Å². The lowest BCUT2D eigenvalue weighted by Crippen LogP contribution is -2.20. The number of anilines is 1. The molecule has 0 atom stereocenters. The molecule has 6 nitrogen and oxygen atoms in total. The van der Waals surface area contributed by atoms with Gasteiger partial charge in [0.05, 0.1) is 0 Å². The third-order valence-corrected chi connectivity index (χ3v) is 2.57. The molecule has 0 radical (unpaired) electrons. The highest BCUT2D eigenvalue weighted by molar-refractivity contribution is 5.90. The first-order valence-electron chi connectivity index (χ1n) is 6.03. The van der Waals surface area contributed by atoms with Gasteiger partial charge in [0.25, 0.3) is 5.91 Å². The van der Waals surface area contributed by atoms with E-state index in [1.807, 2.05) is 24.3 Å². The molecule has 0 saturated carbocycles. The monoisotopic (exact) mass is 260 g/mol. The van der Waals surface area contributed by atoms with Crippen LogP contribution in [0.4, 0.5) is 5.95 Å². The van der Waals surface area contributed by atoms with Crippen molar-refractivity contribution in [3.63, 3.8) is 0 Å². The predicted octanol–water partition coefficient (Wildman–Crippen LogP) is 1.95. The SMILES string of the molecule is CC(C)c1cccc(OCC(=O)Nc2ncn[nH]2)c1. The van der Waals surface area contributed by atoms with Crippen LogP contribution in [0.5, 0.6) is 5.75 Å². The molecule has 0 aliphatic carbocycles. The van der Waals surface area contributed by atoms with Crippen molar-refractivity contribution in [1.82, 2.24) is 15.2 Å². The summed E-state index contributed by atoms with van der Waals surface area (Å²) in [7, 11) is 0. The van der Waals surface area contributed by atoms with Gasteiger partial charge >= 0.3 is 0 Å². The Bertz CT molecular complexity index is 537. The van der Waals surface area contributed by atoms with Crippen molar-refractivity contribution in [3.8, 4) is 5.75 Å². The van der Waals surface area contributed by atoms with Crippen LogP contribution in [0.25, 0.3) is 0 Å². The minimum absolute atomic E-state index is 0.0672. The first-order valence-corrected chi connectivity index (χ1v) is 6.03. The smallest absolute Gasteiger partial charge is 0.264 e. The minimum Gasteiger partial charge on any atom is -0.484 e. The van der Waals surface area contributed by atoms with Crippen LogP contribution < -0.4 is 10.1 Å². The van der Waals surface area contributed by atoms with Crippen molar-refractivity contribution in [2.75, 3.05) is 11.9 Å². The van der Waals surface area contributed by atoms with Gasteiger partial charge in [-0.1, -0.05) is 26.0 Å². The lowest BCUT2D eigenvalue weighted by atomic mass is 10.0. The maximum Gasteiger partial charge on any atom is 0.264 e. The number of ether oxygens (including phenoxy) is 1. The Labute approximate surface area is 111 Å². The first kappa shape index (κ1) is 13.1. The van der Waals surface area contributed by atoms with Crippen molar-refractivity contribution in [2.45, 2.75) is 19.8 Å². The zero-order chi connectivity index (χ0) is 13.7. The van der Waals surface area contributed by atoms with Crippen molar-refractivity contribution < 1.29 is 9.53 Å². The van der Waals surface area contributed by atoms with Crippen LogP contribution in [-0.2, 0) is 4.79 Å². The van der Waals surface area contributed by atoms with Gasteiger partial charge in [-0.3, -0.25) is 10.1 Å². The molecule has 1 aromatic carbocycles. The van der Waals surface area contributed by atoms with E-state index in [0.29, 0.717) is 17.6 Å². The molecule has 0 saturated heterocycles. The topological polar surface area (TPSA) is 79.9 Å². The molecule has 100 valence electrons. The molecule has 0 aliphatic heterocycles. The Morgan fingerprint density at radius 3 is 3.00 bits per heavy atom. The fourth-order valence-corrected chi connectivity index (χ4v) is 1.55. The highest BCUT2D eigenvalue weighted by atomic mass is 16.5. The van der Waals surface area contributed by atoms with E-state index >= 15 is 0 Å². The number of carbonyl (C=O) groups excluding carboxylic acids is 1. The molecule has 1 amide bonds. The zero-order valence-electron chi connectivity index (χ0n) is 10.9. The second-order valence-corrected chi connectivity index (χ2v) is 4.40. The number of hydrogen-bond acceptors (Lipinski definition) is 4. The number of hydrogen-bond donors (Lipinski definition) is 2. The molecule has 6 heteroatoms. The third-order valence-electron chi connectivity index (χ3n) is 2.57. The summed E-state index contributed by atoms with van der Waals surface area (Å²) in [5, 5.41) is 8.71. The van der Waals surface area contributed by atoms with Crippen molar-refractivity contribution >= 4 is 11.9 Å². The number of aromatic nitrogens is 3. The molecule has 0 aliphatic rings. The van der Waals surface area contributed by atoms with E-state index in [0.717, 1.165) is 0 Å². The van der Waals surface area contributed by atoms with Crippen molar-refractivity contribution in [2.24, 2.45) is 0 Å². The van der Waals surface area contributed by atoms with E-state index in [9.17, 15) is 4.79 Å². The molecule has 19 heavy (non-hydrogen) atoms. The van der Waals surface area contributed by atoms with Crippen LogP contribution in [0.15, 0.2) is 30.6 Å². The summed E-state index contributed by atoms with van der Waals surface area (Å²) in [6.07, 6.45) is 1.32. The summed E-state index contributed by atoms with van der Waals surface area (Å²) in [6, 6.07) is 7.71. The van der Waals surface area contributed by atoms with E-state index in [1.54, 1.807) is 0 Å². The maximum absolute atomic E-state index is 11.6. The van der Waals surface area contributed by atoms with Crippen LogP contribution in [0, 0.1) is 0 Å². The molecular weight excluding hydrogens is 244 g/mol. The second kappa shape index (κ2) is 5.99. The fourth-order valence-electron chi connectivity index (χ4n) is 1.55. The fraction of sp³-hybridized carbons (Fsp3) is 0.308. The summed E-state index contributed by atoms with van der Waals surface area (Å²) in [6.45, 7) is 4.15. The average molecular weight is 260 g/mol. The first-order chi connectivity index (χ1) is 9.15. The van der Waals surface area contributed by atoms with E-state index < -0.39 is 0 Å². The zero-order valence-corrected chi connectivity index (χ0v) is 10.9. The van der Waals surface area contributed by atoms with Crippen LogP contribution >= 0.6 is 0 Å². The van der Waals surface area contributed by atoms with E-state index in [-0.39, 0.29) is 12.5 Å². The number of carbonyl (C=O) groups is 1. The average Bonchev–Trinajstić information content (AvgIpc) is 2.89. The quantitative estimate of drug-likeness (QED) is 0.861. The number of H-pyrrole nitrogens is 1. The number of amides is 1. The highest BCUT2D eigenvalue weighted by Gasteiger charge is 2.06. The summed E-state index contributed by atoms with van der Waals surface area (Å²) in [5.74, 6) is 1.13. The molecule has 2 aromatic rings. The molecule has 0 bridgehead atoms. The largest absolute Gasteiger partial charge is 0.484 e. The van der Waals surface area contributed by atoms with E-state index in [4.69, 9.17) is 4.74 Å². The highest BCUT2D eigenvalue weighted by Crippen LogP contribution is 2.19. The maximum atomic E-state index is 11.6. The number of rotatable bonds is 5. The molecule has 2 N–H and O–H groups in total. The Morgan fingerprint density at radius 2 is 2.32 bits per heavy atom. The third kappa shape index (κ3) is 3.80. The van der Waals surface area contributed by atoms with Gasteiger partial charge in [-0.25, -0.2) is 5.10 Å². The van der Waals surface area contributed by atoms with Crippen LogP contribution in [0.3, 0.4) is 0 Å². The summed E-state index contributed by atoms with van der Waals surface area (Å²) >= 11 is 0. The van der Waals surface area contributed by atoms with Gasteiger partial charge in [0, 0.05) is 0 Å². The standard InChI is InChI=1S/C13H16N4O2/c1-9(2)10-4-3-5-11(6-10)19-7-12(18)16-13-14-8-15-17-13/h3-6,8-9H,7H2,1-2H3,(H2,14,15,16,17,18). The number of nitrogens with one attached hydrogen (secondary N) is 2. The number of benzene rings is 1. The summed E-state index contributed by atoms with van der Waals surface area (Å²) < 4.78 is 5.43. The predicted molar refractivity (Wildman–Crippen MR) is 71.0 cm³/mol. The van der Waals surface area contributed by atoms with Gasteiger partial charge in [-0.05, 0) is 23.6 Å². The molecule has 1 heterocycles. The summed E-state index contributed by atoms with van der Waals surface area (Å²) in [4.78, 5) is 15.4. The van der Waals surface area contributed by atoms with Gasteiger partial charge in [0.1, 0.15) is 12.1 Å². The van der Waals surface area contributed by atoms with Crippen molar-refractivity contribution in [3.05, 3.63) is 36.2 Å². The number of aromatic amines is 1. The Morgan fingerprint density at radius 1 is 1.47 bits per heavy atom. The Hall–Kier alpha value is -2.37. The molecule has 0 spiro atoms. The molecular formula is C13H16N4O2. The number of nitrogens with zero attached hydrogens (tertiary/aromatic N) is 2. The van der Waals surface area contributed by atoms with Crippen LogP contribution in [0.2, 0.25) is 0 Å². The molecule has 1 aromatic heterocycles. The lowest BCUT2D eigenvalue weighted by molar-refractivity contribution is -0.118. The van der Waals surface area contributed by atoms with Gasteiger partial charge in [0.15, 0.2) is 6.61 Å². The van der Waals surface area contributed by atoms with Crippen LogP contribution in [-0.4, -0.2) is 27.7 Å². The minimum atomic E-state index is -0.285. The van der Waals surface area contributed by atoms with Gasteiger partial charge in [-0.2, -0.15) is 10.1 Å². The molecule has 0 unspecified atom stereocenters. The Kier molecular flexibility index (Phi) is 4.12. The molecule has 0 fully saturated rings.